The van der Waals surface area contributed by atoms with Gasteiger partial charge in [-0.3, -0.25) is 30.3 Å². The van der Waals surface area contributed by atoms with Crippen LogP contribution >= 0.6 is 0 Å². The number of aryl methyl sites for hydroxylation is 1. The van der Waals surface area contributed by atoms with Gasteiger partial charge in [0.1, 0.15) is 5.69 Å². The lowest BCUT2D eigenvalue weighted by molar-refractivity contribution is -0.385. The van der Waals surface area contributed by atoms with Crippen LogP contribution in [0.1, 0.15) is 15.9 Å². The number of carbonyl (C=O) groups excluding carboxylic acids is 1. The summed E-state index contributed by atoms with van der Waals surface area (Å²) >= 11 is 0. The molecular weight excluding hydrogens is 312 g/mol. The van der Waals surface area contributed by atoms with Crippen LogP contribution in [0.15, 0.2) is 42.6 Å². The third-order valence-corrected chi connectivity index (χ3v) is 3.29. The van der Waals surface area contributed by atoms with Crippen molar-refractivity contribution in [3.63, 3.8) is 0 Å². The van der Waals surface area contributed by atoms with Crippen LogP contribution in [0.3, 0.4) is 0 Å². The minimum Gasteiger partial charge on any atom is -0.289 e. The maximum atomic E-state index is 12.2. The van der Waals surface area contributed by atoms with Gasteiger partial charge < -0.3 is 0 Å². The topological polar surface area (TPSA) is 127 Å². The third kappa shape index (κ3) is 3.09. The number of anilines is 1. The molecular formula is C15H12N6O3. The quantitative estimate of drug-likeness (QED) is 0.560. The first-order chi connectivity index (χ1) is 11.5. The molecule has 0 atom stereocenters. The van der Waals surface area contributed by atoms with Crippen molar-refractivity contribution < 1.29 is 9.72 Å². The van der Waals surface area contributed by atoms with Gasteiger partial charge in [0.2, 0.25) is 5.95 Å². The van der Waals surface area contributed by atoms with Crippen LogP contribution < -0.4 is 5.32 Å². The van der Waals surface area contributed by atoms with Crippen LogP contribution in [-0.2, 0) is 0 Å². The van der Waals surface area contributed by atoms with Gasteiger partial charge in [0.15, 0.2) is 5.82 Å². The summed E-state index contributed by atoms with van der Waals surface area (Å²) in [4.78, 5) is 30.9. The van der Waals surface area contributed by atoms with E-state index in [0.29, 0.717) is 17.1 Å². The summed E-state index contributed by atoms with van der Waals surface area (Å²) in [6, 6.07) is 9.56. The van der Waals surface area contributed by atoms with E-state index in [0.717, 1.165) is 0 Å². The average Bonchev–Trinajstić information content (AvgIpc) is 3.04. The number of nitrogens with one attached hydrogen (secondary N) is 2. The molecule has 2 aromatic heterocycles. The Morgan fingerprint density at radius 3 is 2.83 bits per heavy atom. The number of carbonyl (C=O) groups is 1. The molecule has 0 spiro atoms. The van der Waals surface area contributed by atoms with Gasteiger partial charge in [-0.05, 0) is 25.1 Å². The zero-order valence-corrected chi connectivity index (χ0v) is 12.6. The maximum absolute atomic E-state index is 12.2. The van der Waals surface area contributed by atoms with Crippen molar-refractivity contribution in [1.29, 1.82) is 0 Å². The molecule has 0 aliphatic carbocycles. The van der Waals surface area contributed by atoms with Crippen LogP contribution in [-0.4, -0.2) is 31.0 Å². The Morgan fingerprint density at radius 2 is 2.12 bits per heavy atom. The van der Waals surface area contributed by atoms with Crippen molar-refractivity contribution in [2.24, 2.45) is 0 Å². The summed E-state index contributed by atoms with van der Waals surface area (Å²) in [6.07, 6.45) is 1.61. The molecule has 1 aromatic carbocycles. The van der Waals surface area contributed by atoms with Crippen molar-refractivity contribution >= 4 is 17.5 Å². The van der Waals surface area contributed by atoms with E-state index in [2.05, 4.69) is 25.5 Å². The minimum atomic E-state index is -0.537. The predicted octanol–water partition coefficient (Wildman–Crippen LogP) is 2.34. The van der Waals surface area contributed by atoms with Crippen LogP contribution in [0.25, 0.3) is 11.5 Å². The number of hydrogen-bond donors (Lipinski definition) is 2. The summed E-state index contributed by atoms with van der Waals surface area (Å²) in [5, 5.41) is 20.0. The smallest absolute Gasteiger partial charge is 0.273 e. The van der Waals surface area contributed by atoms with Crippen LogP contribution in [0.2, 0.25) is 0 Å². The second-order valence-electron chi connectivity index (χ2n) is 4.94. The van der Waals surface area contributed by atoms with Crippen molar-refractivity contribution in [3.05, 3.63) is 63.8 Å². The number of nitro benzene ring substituents is 1. The monoisotopic (exact) mass is 324 g/mol. The zero-order valence-electron chi connectivity index (χ0n) is 12.6. The number of amides is 1. The molecule has 0 unspecified atom stereocenters. The van der Waals surface area contributed by atoms with Gasteiger partial charge in [-0.2, -0.15) is 4.98 Å². The highest BCUT2D eigenvalue weighted by Gasteiger charge is 2.16. The van der Waals surface area contributed by atoms with Crippen LogP contribution in [0, 0.1) is 17.0 Å². The first kappa shape index (κ1) is 15.3. The summed E-state index contributed by atoms with van der Waals surface area (Å²) < 4.78 is 0. The lowest BCUT2D eigenvalue weighted by Crippen LogP contribution is -2.13. The maximum Gasteiger partial charge on any atom is 0.273 e. The second kappa shape index (κ2) is 6.24. The number of benzene rings is 1. The first-order valence-corrected chi connectivity index (χ1v) is 6.95. The van der Waals surface area contributed by atoms with Gasteiger partial charge in [-0.1, -0.05) is 12.1 Å². The lowest BCUT2D eigenvalue weighted by Gasteiger charge is -2.02. The molecule has 0 aliphatic rings. The van der Waals surface area contributed by atoms with Gasteiger partial charge >= 0.3 is 0 Å². The number of rotatable bonds is 4. The molecule has 0 radical (unpaired) electrons. The van der Waals surface area contributed by atoms with Crippen molar-refractivity contribution in [1.82, 2.24) is 20.2 Å². The SMILES string of the molecule is Cc1ccc(C(=O)Nc2n[nH]c(-c3ccccn3)n2)cc1[N+](=O)[O-]. The minimum absolute atomic E-state index is 0.0591. The third-order valence-electron chi connectivity index (χ3n) is 3.29. The Kier molecular flexibility index (Phi) is 3.98. The molecule has 2 heterocycles. The van der Waals surface area contributed by atoms with Crippen molar-refractivity contribution in [3.8, 4) is 11.5 Å². The lowest BCUT2D eigenvalue weighted by atomic mass is 10.1. The number of pyridine rings is 1. The molecule has 9 nitrogen and oxygen atoms in total. The molecule has 120 valence electrons. The number of H-pyrrole nitrogens is 1. The summed E-state index contributed by atoms with van der Waals surface area (Å²) in [7, 11) is 0. The highest BCUT2D eigenvalue weighted by molar-refractivity contribution is 6.03. The molecule has 2 N–H and O–H groups in total. The van der Waals surface area contributed by atoms with E-state index in [-0.39, 0.29) is 17.2 Å². The van der Waals surface area contributed by atoms with Gasteiger partial charge in [-0.25, -0.2) is 0 Å². The number of hydrogen-bond acceptors (Lipinski definition) is 6. The van der Waals surface area contributed by atoms with Gasteiger partial charge in [-0.15, -0.1) is 5.10 Å². The summed E-state index contributed by atoms with van der Waals surface area (Å²) in [5.41, 5.74) is 1.09. The second-order valence-corrected chi connectivity index (χ2v) is 4.94. The van der Waals surface area contributed by atoms with Gasteiger partial charge in [0.25, 0.3) is 11.6 Å². The molecule has 3 aromatic rings. The van der Waals surface area contributed by atoms with E-state index < -0.39 is 10.8 Å². The molecule has 0 fully saturated rings. The molecule has 0 bridgehead atoms. The fraction of sp³-hybridized carbons (Fsp3) is 0.0667. The standard InChI is InChI=1S/C15H12N6O3/c1-9-5-6-10(8-12(9)21(23)24)14(22)18-15-17-13(19-20-15)11-4-2-3-7-16-11/h2-8H,1H3,(H2,17,18,19,20,22). The Labute approximate surface area is 135 Å². The van der Waals surface area contributed by atoms with Crippen LogP contribution in [0.4, 0.5) is 11.6 Å². The van der Waals surface area contributed by atoms with Gasteiger partial charge in [0, 0.05) is 23.4 Å². The Morgan fingerprint density at radius 1 is 1.29 bits per heavy atom. The van der Waals surface area contributed by atoms with E-state index in [4.69, 9.17) is 0 Å². The molecule has 0 saturated heterocycles. The summed E-state index contributed by atoms with van der Waals surface area (Å²) in [5.74, 6) is -0.0747. The Hall–Kier alpha value is -3.62. The van der Waals surface area contributed by atoms with Crippen LogP contribution in [0.5, 0.6) is 0 Å². The molecule has 0 saturated carbocycles. The Bertz CT molecular complexity index is 907. The number of nitro groups is 1. The van der Waals surface area contributed by atoms with Crippen molar-refractivity contribution in [2.45, 2.75) is 6.92 Å². The number of aromatic nitrogens is 4. The molecule has 0 aliphatic heterocycles. The molecule has 1 amide bonds. The average molecular weight is 324 g/mol. The zero-order chi connectivity index (χ0) is 17.1. The highest BCUT2D eigenvalue weighted by atomic mass is 16.6. The Balaban J connectivity index is 1.80. The predicted molar refractivity (Wildman–Crippen MR) is 85.4 cm³/mol. The number of nitrogens with zero attached hydrogens (tertiary/aromatic N) is 4. The normalized spacial score (nSPS) is 10.4. The fourth-order valence-electron chi connectivity index (χ4n) is 2.06. The number of aromatic amines is 1. The molecule has 24 heavy (non-hydrogen) atoms. The highest BCUT2D eigenvalue weighted by Crippen LogP contribution is 2.20. The van der Waals surface area contributed by atoms with E-state index in [1.807, 2.05) is 0 Å². The first-order valence-electron chi connectivity index (χ1n) is 6.95. The molecule has 3 rings (SSSR count). The van der Waals surface area contributed by atoms with E-state index >= 15 is 0 Å². The van der Waals surface area contributed by atoms with E-state index in [9.17, 15) is 14.9 Å². The largest absolute Gasteiger partial charge is 0.289 e. The van der Waals surface area contributed by atoms with E-state index in [1.54, 1.807) is 31.3 Å². The summed E-state index contributed by atoms with van der Waals surface area (Å²) in [6.45, 7) is 1.61. The van der Waals surface area contributed by atoms with E-state index in [1.165, 1.54) is 18.2 Å². The van der Waals surface area contributed by atoms with Crippen molar-refractivity contribution in [2.75, 3.05) is 5.32 Å². The molecule has 9 heteroatoms. The van der Waals surface area contributed by atoms with Gasteiger partial charge in [0.05, 0.1) is 4.92 Å². The fourth-order valence-corrected chi connectivity index (χ4v) is 2.06.